The van der Waals surface area contributed by atoms with Crippen molar-refractivity contribution in [3.05, 3.63) is 0 Å². The van der Waals surface area contributed by atoms with E-state index < -0.39 is 13.4 Å². The fourth-order valence-corrected chi connectivity index (χ4v) is 2.58. The summed E-state index contributed by atoms with van der Waals surface area (Å²) in [6, 6.07) is -0.316. The number of methoxy groups -OCH3 is 1. The molecule has 0 aliphatic carbocycles. The molecule has 16 heavy (non-hydrogen) atoms. The van der Waals surface area contributed by atoms with E-state index in [-0.39, 0.29) is 18.8 Å². The molecule has 0 radical (unpaired) electrons. The number of carbonyl (C=O) groups is 1. The van der Waals surface area contributed by atoms with Crippen LogP contribution in [-0.2, 0) is 9.26 Å². The van der Waals surface area contributed by atoms with E-state index in [0.717, 1.165) is 0 Å². The quantitative estimate of drug-likeness (QED) is 0.696. The summed E-state index contributed by atoms with van der Waals surface area (Å²) in [4.78, 5) is 22.3. The summed E-state index contributed by atoms with van der Waals surface area (Å²) in [6.07, 6.45) is 3.22. The molecule has 6 nitrogen and oxygen atoms in total. The van der Waals surface area contributed by atoms with Crippen LogP contribution in [-0.4, -0.2) is 66.4 Å². The van der Waals surface area contributed by atoms with E-state index in [0.29, 0.717) is 13.0 Å². The predicted octanol–water partition coefficient (Wildman–Crippen LogP) is 0.106. The van der Waals surface area contributed by atoms with E-state index in [9.17, 15) is 9.69 Å². The summed E-state index contributed by atoms with van der Waals surface area (Å²) in [6.45, 7) is 1.69. The fraction of sp³-hybridized carbons (Fsp3) is 0.778. The molecule has 1 aliphatic rings. The highest BCUT2D eigenvalue weighted by Gasteiger charge is 2.37. The highest BCUT2D eigenvalue weighted by atomic mass is 31.2. The van der Waals surface area contributed by atoms with Crippen LogP contribution in [0.5, 0.6) is 0 Å². The Bertz CT molecular complexity index is 302. The first kappa shape index (κ1) is 13.5. The van der Waals surface area contributed by atoms with Crippen LogP contribution in [0.2, 0.25) is 0 Å². The minimum atomic E-state index is -2.58. The molecule has 1 rings (SSSR count). The molecule has 1 heterocycles. The summed E-state index contributed by atoms with van der Waals surface area (Å²) in [5, 5.41) is 9.12. The summed E-state index contributed by atoms with van der Waals surface area (Å²) in [7, 11) is -1.29. The van der Waals surface area contributed by atoms with Crippen molar-refractivity contribution in [1.29, 1.82) is 0 Å². The van der Waals surface area contributed by atoms with E-state index in [1.54, 1.807) is 0 Å². The summed E-state index contributed by atoms with van der Waals surface area (Å²) in [5.74, 6) is 0. The Morgan fingerprint density at radius 1 is 1.69 bits per heavy atom. The highest BCUT2D eigenvalue weighted by Crippen LogP contribution is 2.40. The van der Waals surface area contributed by atoms with Crippen molar-refractivity contribution in [3.8, 4) is 0 Å². The molecule has 3 unspecified atom stereocenters. The van der Waals surface area contributed by atoms with Crippen molar-refractivity contribution in [2.45, 2.75) is 18.6 Å². The largest absolute Gasteiger partial charge is 0.453 e. The average Bonchev–Trinajstić information content (AvgIpc) is 2.57. The standard InChI is InChI=1S/C9H18NO5P/c1-14-9(12)10-5-8(4-7(10)6-11)15-16(2,3)13/h7-8,11,13H,2,4-6H2,1,3H3. The van der Waals surface area contributed by atoms with Gasteiger partial charge in [0.1, 0.15) is 7.34 Å². The van der Waals surface area contributed by atoms with E-state index in [1.165, 1.54) is 18.7 Å². The van der Waals surface area contributed by atoms with Crippen LogP contribution in [0.1, 0.15) is 6.42 Å². The van der Waals surface area contributed by atoms with Crippen LogP contribution in [0, 0.1) is 0 Å². The maximum absolute atomic E-state index is 11.4. The number of ether oxygens (including phenoxy) is 1. The van der Waals surface area contributed by atoms with Crippen LogP contribution in [0.15, 0.2) is 0 Å². The maximum Gasteiger partial charge on any atom is 0.409 e. The molecular formula is C9H18NO5P. The van der Waals surface area contributed by atoms with Crippen LogP contribution in [0.25, 0.3) is 0 Å². The third-order valence-electron chi connectivity index (χ3n) is 2.37. The SMILES string of the molecule is C=P(C)(O)OC1CC(CO)N(C(=O)OC)C1. The zero-order valence-corrected chi connectivity index (χ0v) is 10.4. The maximum atomic E-state index is 11.4. The average molecular weight is 251 g/mol. The second-order valence-corrected chi connectivity index (χ2v) is 6.29. The number of likely N-dealkylation sites (tertiary alicyclic amines) is 1. The molecule has 0 saturated carbocycles. The van der Waals surface area contributed by atoms with Gasteiger partial charge in [-0.2, -0.15) is 0 Å². The van der Waals surface area contributed by atoms with E-state index in [2.05, 4.69) is 11.0 Å². The Labute approximate surface area is 94.9 Å². The van der Waals surface area contributed by atoms with Gasteiger partial charge < -0.3 is 24.2 Å². The van der Waals surface area contributed by atoms with Crippen LogP contribution >= 0.6 is 7.34 Å². The molecule has 3 atom stereocenters. The molecule has 1 saturated heterocycles. The molecule has 1 amide bonds. The predicted molar refractivity (Wildman–Crippen MR) is 61.7 cm³/mol. The number of hydrogen-bond donors (Lipinski definition) is 2. The normalized spacial score (nSPS) is 28.9. The number of amides is 1. The minimum absolute atomic E-state index is 0.146. The fourth-order valence-electron chi connectivity index (χ4n) is 1.79. The number of hydrogen-bond acceptors (Lipinski definition) is 5. The van der Waals surface area contributed by atoms with Gasteiger partial charge >= 0.3 is 6.09 Å². The lowest BCUT2D eigenvalue weighted by molar-refractivity contribution is 0.0996. The lowest BCUT2D eigenvalue weighted by atomic mass is 10.2. The van der Waals surface area contributed by atoms with Crippen molar-refractivity contribution < 1.29 is 24.1 Å². The van der Waals surface area contributed by atoms with Gasteiger partial charge in [-0.25, -0.2) is 4.79 Å². The van der Waals surface area contributed by atoms with Crippen molar-refractivity contribution in [2.24, 2.45) is 0 Å². The van der Waals surface area contributed by atoms with E-state index >= 15 is 0 Å². The van der Waals surface area contributed by atoms with Gasteiger partial charge in [0.05, 0.1) is 32.4 Å². The number of nitrogens with zero attached hydrogens (tertiary/aromatic N) is 1. The van der Waals surface area contributed by atoms with Gasteiger partial charge in [0.15, 0.2) is 0 Å². The summed E-state index contributed by atoms with van der Waals surface area (Å²) < 4.78 is 9.95. The Morgan fingerprint density at radius 3 is 2.75 bits per heavy atom. The van der Waals surface area contributed by atoms with Gasteiger partial charge in [0.25, 0.3) is 0 Å². The van der Waals surface area contributed by atoms with Crippen molar-refractivity contribution in [2.75, 3.05) is 26.9 Å². The van der Waals surface area contributed by atoms with Gasteiger partial charge in [0.2, 0.25) is 0 Å². The first-order valence-corrected chi connectivity index (χ1v) is 7.24. The molecular weight excluding hydrogens is 233 g/mol. The lowest BCUT2D eigenvalue weighted by Crippen LogP contribution is -2.37. The molecule has 7 heteroatoms. The van der Waals surface area contributed by atoms with Crippen LogP contribution in [0.4, 0.5) is 4.79 Å². The lowest BCUT2D eigenvalue weighted by Gasteiger charge is -2.21. The zero-order valence-electron chi connectivity index (χ0n) is 9.50. The summed E-state index contributed by atoms with van der Waals surface area (Å²) >= 11 is 0. The first-order chi connectivity index (χ1) is 7.37. The molecule has 2 N–H and O–H groups in total. The Balaban J connectivity index is 2.63. The Kier molecular flexibility index (Phi) is 4.38. The second-order valence-electron chi connectivity index (χ2n) is 3.97. The third-order valence-corrected chi connectivity index (χ3v) is 3.12. The zero-order chi connectivity index (χ0) is 12.3. The van der Waals surface area contributed by atoms with Crippen molar-refractivity contribution >= 4 is 19.7 Å². The van der Waals surface area contributed by atoms with Gasteiger partial charge in [-0.1, -0.05) is 6.30 Å². The van der Waals surface area contributed by atoms with Crippen LogP contribution < -0.4 is 0 Å². The molecule has 0 aromatic heterocycles. The van der Waals surface area contributed by atoms with Gasteiger partial charge in [-0.3, -0.25) is 0 Å². The minimum Gasteiger partial charge on any atom is -0.453 e. The monoisotopic (exact) mass is 251 g/mol. The topological polar surface area (TPSA) is 79.2 Å². The molecule has 0 spiro atoms. The van der Waals surface area contributed by atoms with Crippen molar-refractivity contribution in [3.63, 3.8) is 0 Å². The van der Waals surface area contributed by atoms with Gasteiger partial charge in [-0.15, -0.1) is 0 Å². The third kappa shape index (κ3) is 3.49. The Hall–Kier alpha value is -0.550. The van der Waals surface area contributed by atoms with Crippen LogP contribution in [0.3, 0.4) is 0 Å². The second kappa shape index (κ2) is 5.19. The first-order valence-electron chi connectivity index (χ1n) is 4.95. The summed E-state index contributed by atoms with van der Waals surface area (Å²) in [5.41, 5.74) is 0. The molecule has 1 fully saturated rings. The molecule has 0 bridgehead atoms. The van der Waals surface area contributed by atoms with Gasteiger partial charge in [-0.05, 0) is 6.42 Å². The Morgan fingerprint density at radius 2 is 2.31 bits per heavy atom. The molecule has 94 valence electrons. The number of aliphatic hydroxyl groups is 1. The van der Waals surface area contributed by atoms with Crippen molar-refractivity contribution in [1.82, 2.24) is 4.90 Å². The highest BCUT2D eigenvalue weighted by molar-refractivity contribution is 7.62. The number of rotatable bonds is 3. The molecule has 0 aromatic carbocycles. The van der Waals surface area contributed by atoms with E-state index in [1.807, 2.05) is 0 Å². The smallest absolute Gasteiger partial charge is 0.409 e. The number of aliphatic hydroxyl groups excluding tert-OH is 1. The van der Waals surface area contributed by atoms with E-state index in [4.69, 9.17) is 9.63 Å². The molecule has 1 aliphatic heterocycles. The molecule has 0 aromatic rings. The number of carbonyl (C=O) groups excluding carboxylic acids is 1. The van der Waals surface area contributed by atoms with Gasteiger partial charge in [0, 0.05) is 6.66 Å².